The second-order valence-corrected chi connectivity index (χ2v) is 6.19. The monoisotopic (exact) mass is 336 g/mol. The molecule has 0 saturated heterocycles. The van der Waals surface area contributed by atoms with E-state index >= 15 is 0 Å². The highest BCUT2D eigenvalue weighted by atomic mass is 79.9. The van der Waals surface area contributed by atoms with Crippen LogP contribution in [-0.4, -0.2) is 5.11 Å². The number of halogens is 4. The van der Waals surface area contributed by atoms with Crippen LogP contribution in [0.1, 0.15) is 22.1 Å². The number of hydrogen-bond acceptors (Lipinski definition) is 2. The summed E-state index contributed by atoms with van der Waals surface area (Å²) in [6, 6.07) is 2.73. The molecule has 0 radical (unpaired) electrons. The average Bonchev–Trinajstić information content (AvgIpc) is 2.57. The van der Waals surface area contributed by atoms with Crippen LogP contribution in [0.5, 0.6) is 0 Å². The molecule has 0 aliphatic heterocycles. The Morgan fingerprint density at radius 2 is 1.72 bits per heavy atom. The maximum atomic E-state index is 13.5. The Kier molecular flexibility index (Phi) is 3.79. The van der Waals surface area contributed by atoms with Crippen molar-refractivity contribution in [3.63, 3.8) is 0 Å². The van der Waals surface area contributed by atoms with E-state index in [0.717, 1.165) is 9.35 Å². The molecule has 0 aliphatic carbocycles. The molecule has 1 nitrogen and oxygen atoms in total. The third-order valence-corrected chi connectivity index (χ3v) is 4.65. The van der Waals surface area contributed by atoms with E-state index in [1.54, 1.807) is 13.0 Å². The molecule has 1 unspecified atom stereocenters. The maximum Gasteiger partial charge on any atom is 0.135 e. The first-order chi connectivity index (χ1) is 8.40. The Bertz CT molecular complexity index is 554. The van der Waals surface area contributed by atoms with E-state index in [0.29, 0.717) is 17.0 Å². The van der Waals surface area contributed by atoms with Crippen molar-refractivity contribution in [2.45, 2.75) is 13.0 Å². The SMILES string of the molecule is Cc1cc(C(O)c2c(F)cc(F)cc2F)sc1Br. The molecule has 2 aromatic rings. The average molecular weight is 337 g/mol. The number of aliphatic hydroxyl groups excluding tert-OH is 1. The highest BCUT2D eigenvalue weighted by Crippen LogP contribution is 2.36. The summed E-state index contributed by atoms with van der Waals surface area (Å²) in [5.74, 6) is -3.20. The minimum atomic E-state index is -1.44. The molecule has 96 valence electrons. The summed E-state index contributed by atoms with van der Waals surface area (Å²) in [4.78, 5) is 0.392. The fourth-order valence-corrected chi connectivity index (χ4v) is 3.14. The number of rotatable bonds is 2. The van der Waals surface area contributed by atoms with Crippen LogP contribution in [0.2, 0.25) is 0 Å². The first-order valence-electron chi connectivity index (χ1n) is 4.98. The molecule has 6 heteroatoms. The third-order valence-electron chi connectivity index (χ3n) is 2.46. The maximum absolute atomic E-state index is 13.5. The molecule has 0 saturated carbocycles. The lowest BCUT2D eigenvalue weighted by Crippen LogP contribution is -2.05. The van der Waals surface area contributed by atoms with E-state index < -0.39 is 29.1 Å². The van der Waals surface area contributed by atoms with Gasteiger partial charge in [-0.25, -0.2) is 13.2 Å². The van der Waals surface area contributed by atoms with Gasteiger partial charge in [0.25, 0.3) is 0 Å². The van der Waals surface area contributed by atoms with Crippen LogP contribution in [0.4, 0.5) is 13.2 Å². The highest BCUT2D eigenvalue weighted by molar-refractivity contribution is 9.11. The lowest BCUT2D eigenvalue weighted by molar-refractivity contribution is 0.212. The second kappa shape index (κ2) is 5.03. The molecular formula is C12H8BrF3OS. The number of benzene rings is 1. The molecular weight excluding hydrogens is 329 g/mol. The van der Waals surface area contributed by atoms with Gasteiger partial charge in [-0.1, -0.05) is 0 Å². The minimum Gasteiger partial charge on any atom is -0.383 e. The predicted molar refractivity (Wildman–Crippen MR) is 67.1 cm³/mol. The van der Waals surface area contributed by atoms with E-state index in [-0.39, 0.29) is 0 Å². The highest BCUT2D eigenvalue weighted by Gasteiger charge is 2.23. The second-order valence-electron chi connectivity index (χ2n) is 3.79. The van der Waals surface area contributed by atoms with E-state index in [9.17, 15) is 18.3 Å². The van der Waals surface area contributed by atoms with Crippen molar-refractivity contribution in [1.29, 1.82) is 0 Å². The van der Waals surface area contributed by atoms with Crippen LogP contribution in [-0.2, 0) is 0 Å². The van der Waals surface area contributed by atoms with Gasteiger partial charge in [-0.3, -0.25) is 0 Å². The summed E-state index contributed by atoms with van der Waals surface area (Å²) < 4.78 is 40.6. The number of aliphatic hydroxyl groups is 1. The van der Waals surface area contributed by atoms with Gasteiger partial charge in [0.15, 0.2) is 0 Å². The Labute approximate surface area is 114 Å². The van der Waals surface area contributed by atoms with E-state index in [4.69, 9.17) is 0 Å². The van der Waals surface area contributed by atoms with Gasteiger partial charge in [-0.15, -0.1) is 11.3 Å². The topological polar surface area (TPSA) is 20.2 Å². The Morgan fingerprint density at radius 3 is 2.17 bits per heavy atom. The summed E-state index contributed by atoms with van der Waals surface area (Å²) in [5, 5.41) is 9.97. The lowest BCUT2D eigenvalue weighted by atomic mass is 10.1. The van der Waals surface area contributed by atoms with Crippen molar-refractivity contribution in [2.75, 3.05) is 0 Å². The quantitative estimate of drug-likeness (QED) is 0.865. The van der Waals surface area contributed by atoms with Crippen molar-refractivity contribution in [1.82, 2.24) is 0 Å². The fourth-order valence-electron chi connectivity index (χ4n) is 1.58. The number of aryl methyl sites for hydroxylation is 1. The smallest absolute Gasteiger partial charge is 0.135 e. The molecule has 1 aromatic carbocycles. The molecule has 0 fully saturated rings. The van der Waals surface area contributed by atoms with Crippen LogP contribution in [0.15, 0.2) is 22.0 Å². The summed E-state index contributed by atoms with van der Waals surface area (Å²) >= 11 is 4.44. The molecule has 0 spiro atoms. The van der Waals surface area contributed by atoms with Gasteiger partial charge in [-0.05, 0) is 34.5 Å². The summed E-state index contributed by atoms with van der Waals surface area (Å²) in [6.45, 7) is 1.80. The van der Waals surface area contributed by atoms with Crippen molar-refractivity contribution < 1.29 is 18.3 Å². The van der Waals surface area contributed by atoms with Gasteiger partial charge in [0.05, 0.1) is 9.35 Å². The zero-order valence-corrected chi connectivity index (χ0v) is 11.6. The predicted octanol–water partition coefficient (Wildman–Crippen LogP) is 4.32. The number of hydrogen-bond donors (Lipinski definition) is 1. The standard InChI is InChI=1S/C12H8BrF3OS/c1-5-2-9(18-12(5)13)11(17)10-7(15)3-6(14)4-8(10)16/h2-4,11,17H,1H3. The Balaban J connectivity index is 2.49. The van der Waals surface area contributed by atoms with Crippen LogP contribution in [0.25, 0.3) is 0 Å². The van der Waals surface area contributed by atoms with Crippen molar-refractivity contribution in [3.05, 3.63) is 55.4 Å². The molecule has 2 rings (SSSR count). The molecule has 0 aliphatic rings. The van der Waals surface area contributed by atoms with E-state index in [1.165, 1.54) is 11.3 Å². The van der Waals surface area contributed by atoms with Gasteiger partial charge >= 0.3 is 0 Å². The van der Waals surface area contributed by atoms with Crippen LogP contribution in [0, 0.1) is 24.4 Å². The van der Waals surface area contributed by atoms with Crippen molar-refractivity contribution >= 4 is 27.3 Å². The molecule has 0 amide bonds. The van der Waals surface area contributed by atoms with Gasteiger partial charge in [0, 0.05) is 17.0 Å². The molecule has 1 aromatic heterocycles. The fraction of sp³-hybridized carbons (Fsp3) is 0.167. The molecule has 1 N–H and O–H groups in total. The van der Waals surface area contributed by atoms with Crippen LogP contribution < -0.4 is 0 Å². The van der Waals surface area contributed by atoms with Crippen molar-refractivity contribution in [3.8, 4) is 0 Å². The first-order valence-corrected chi connectivity index (χ1v) is 6.59. The third kappa shape index (κ3) is 2.46. The normalized spacial score (nSPS) is 12.8. The van der Waals surface area contributed by atoms with Gasteiger partial charge in [-0.2, -0.15) is 0 Å². The van der Waals surface area contributed by atoms with E-state index in [2.05, 4.69) is 15.9 Å². The molecule has 18 heavy (non-hydrogen) atoms. The van der Waals surface area contributed by atoms with Crippen molar-refractivity contribution in [2.24, 2.45) is 0 Å². The summed E-state index contributed by atoms with van der Waals surface area (Å²) in [6.07, 6.45) is -1.44. The zero-order chi connectivity index (χ0) is 13.4. The van der Waals surface area contributed by atoms with Crippen LogP contribution >= 0.6 is 27.3 Å². The largest absolute Gasteiger partial charge is 0.383 e. The zero-order valence-electron chi connectivity index (χ0n) is 9.18. The van der Waals surface area contributed by atoms with Crippen LogP contribution in [0.3, 0.4) is 0 Å². The Morgan fingerprint density at radius 1 is 1.17 bits per heavy atom. The van der Waals surface area contributed by atoms with Gasteiger partial charge in [0.1, 0.15) is 23.6 Å². The number of thiophene rings is 1. The van der Waals surface area contributed by atoms with E-state index in [1.807, 2.05) is 0 Å². The lowest BCUT2D eigenvalue weighted by Gasteiger charge is -2.11. The minimum absolute atomic E-state index is 0.392. The first kappa shape index (κ1) is 13.6. The van der Waals surface area contributed by atoms with Gasteiger partial charge in [0.2, 0.25) is 0 Å². The molecule has 1 heterocycles. The Hall–Kier alpha value is -0.850. The van der Waals surface area contributed by atoms with Gasteiger partial charge < -0.3 is 5.11 Å². The molecule has 0 bridgehead atoms. The summed E-state index contributed by atoms with van der Waals surface area (Å²) in [7, 11) is 0. The summed E-state index contributed by atoms with van der Waals surface area (Å²) in [5.41, 5.74) is 0.321. The molecule has 1 atom stereocenters.